The number of hydrogen-bond donors (Lipinski definition) is 11. The first-order valence-corrected chi connectivity index (χ1v) is 39.6. The van der Waals surface area contributed by atoms with Gasteiger partial charge in [-0.1, -0.05) is 47.1 Å². The first kappa shape index (κ1) is 81.7. The molecule has 3 atom stereocenters. The van der Waals surface area contributed by atoms with Crippen LogP contribution in [0.4, 0.5) is 0 Å². The second-order valence-electron chi connectivity index (χ2n) is 24.7. The Morgan fingerprint density at radius 1 is 0.696 bits per heavy atom. The number of amides is 3. The number of aromatic nitrogens is 4. The number of sulfone groups is 1. The van der Waals surface area contributed by atoms with Gasteiger partial charge in [0.05, 0.1) is 47.3 Å². The summed E-state index contributed by atoms with van der Waals surface area (Å²) in [5, 5.41) is 45.1. The molecule has 0 bridgehead atoms. The molecule has 0 unspecified atom stereocenters. The molecular weight excluding hydrogens is 1440 g/mol. The van der Waals surface area contributed by atoms with Crippen LogP contribution in [0.25, 0.3) is 11.1 Å². The number of pyridine rings is 1. The zero-order valence-corrected chi connectivity index (χ0v) is 60.3. The average Bonchev–Trinajstić information content (AvgIpc) is 0.882. The highest BCUT2D eigenvalue weighted by Gasteiger charge is 2.36. The number of benzene rings is 3. The minimum Gasteiger partial charge on any atom is -0.488 e. The molecule has 0 saturated carbocycles. The molecule has 560 valence electrons. The molecule has 2 fully saturated rings. The predicted octanol–water partition coefficient (Wildman–Crippen LogP) is 0.910. The van der Waals surface area contributed by atoms with Crippen LogP contribution in [0.5, 0.6) is 17.2 Å². The number of aliphatic carboxylic acids is 3. The Kier molecular flexibility index (Phi) is 29.8. The number of aryl methyl sites for hydroxylation is 1. The van der Waals surface area contributed by atoms with Gasteiger partial charge in [0.2, 0.25) is 17.7 Å². The Balaban J connectivity index is 0.918. The van der Waals surface area contributed by atoms with E-state index >= 15 is 0 Å². The monoisotopic (exact) mass is 1530 g/mol. The first-order chi connectivity index (χ1) is 48.0. The van der Waals surface area contributed by atoms with Crippen LogP contribution in [-0.4, -0.2) is 270 Å². The summed E-state index contributed by atoms with van der Waals surface area (Å²) >= 11 is 6.82. The smallest absolute Gasteiger partial charge is 0.328 e. The van der Waals surface area contributed by atoms with Crippen molar-refractivity contribution in [3.63, 3.8) is 0 Å². The van der Waals surface area contributed by atoms with Gasteiger partial charge in [-0.2, -0.15) is 8.42 Å². The number of ether oxygens (including phenoxy) is 3. The number of nitrogens with one attached hydrogen (secondary N) is 3. The van der Waals surface area contributed by atoms with Crippen molar-refractivity contribution in [2.75, 3.05) is 116 Å². The molecule has 11 N–H and O–H groups in total. The molecule has 0 aliphatic carbocycles. The van der Waals surface area contributed by atoms with Gasteiger partial charge >= 0.3 is 33.1 Å². The van der Waals surface area contributed by atoms with Crippen molar-refractivity contribution < 1.29 is 108 Å². The fourth-order valence-electron chi connectivity index (χ4n) is 11.5. The molecule has 4 heterocycles. The maximum absolute atomic E-state index is 13.8. The van der Waals surface area contributed by atoms with Crippen LogP contribution in [0.1, 0.15) is 52.8 Å². The maximum Gasteiger partial charge on any atom is 0.328 e. The van der Waals surface area contributed by atoms with Crippen LogP contribution in [-0.2, 0) is 90.8 Å². The van der Waals surface area contributed by atoms with E-state index in [9.17, 15) is 94.2 Å². The van der Waals surface area contributed by atoms with Crippen LogP contribution >= 0.6 is 26.8 Å². The molecule has 3 amide bonds. The number of carboxylic acids is 3. The van der Waals surface area contributed by atoms with Crippen LogP contribution in [0.2, 0.25) is 5.02 Å². The van der Waals surface area contributed by atoms with Crippen molar-refractivity contribution in [1.29, 1.82) is 0 Å². The Hall–Kier alpha value is -7.58. The third-order valence-corrected chi connectivity index (χ3v) is 20.6. The van der Waals surface area contributed by atoms with Crippen molar-refractivity contribution >= 4 is 82.4 Å². The topological polar surface area (TPSA) is 490 Å². The Labute approximate surface area is 593 Å². The summed E-state index contributed by atoms with van der Waals surface area (Å²) < 4.78 is 102. The van der Waals surface area contributed by atoms with Gasteiger partial charge in [0.25, 0.3) is 10.1 Å². The summed E-state index contributed by atoms with van der Waals surface area (Å²) in [4.78, 5) is 126. The number of carboxylic acid groups (broad SMARTS) is 3. The summed E-state index contributed by atoms with van der Waals surface area (Å²) in [6.07, 6.45) is 3.53. The van der Waals surface area contributed by atoms with Crippen molar-refractivity contribution in [3.8, 4) is 28.4 Å². The first-order valence-electron chi connectivity index (χ1n) is 32.1. The van der Waals surface area contributed by atoms with E-state index in [0.717, 1.165) is 34.1 Å². The number of rotatable bonds is 37. The number of nitrogens with zero attached hydrogens (tertiary/aromatic N) is 9. The summed E-state index contributed by atoms with van der Waals surface area (Å²) in [6.45, 7) is 5.30. The molecule has 40 heteroatoms. The quantitative estimate of drug-likeness (QED) is 0.0194. The van der Waals surface area contributed by atoms with E-state index in [1.807, 2.05) is 50.2 Å². The molecule has 5 aromatic rings. The SMILES string of the molecule is Cc1c(COc2cc(OCc3cncc(S(C)(=O)=O)c3)c(CN[C@@H](CS(=O)(=O)O)C(=O)NCCP(=O)(O)O)cc2Cl)cccc1-c1cccc(OCc2cn(CCCN3CCN(C(=O)[C@H](CP(=O)(O)O)NC(=O)CC[C@H](C(=O)O)N4CCN(CC(=O)O)CCN(CC(=O)O)CC4)CC3)nn2)c1C. The van der Waals surface area contributed by atoms with Gasteiger partial charge in [-0.3, -0.25) is 71.7 Å². The van der Waals surface area contributed by atoms with Gasteiger partial charge in [0, 0.05) is 134 Å². The van der Waals surface area contributed by atoms with E-state index in [-0.39, 0.29) is 125 Å². The standard InChI is InChI=1S/C62H85ClN12O23P2S2/c1-41-44(37-97-56-29-55(96-36-43-27-47(32-64-30-43)101(3,91)92)45(28-50(56)63)31-66-52(40-102(93,94)95)60(81)65-13-26-99(85,86)87)7-4-8-48(41)49-9-5-10-54(42(49)2)98-38-46-33-75(69-68-46)15-6-14-70-18-24-74(25-19-70)61(82)51(39-100(88,89)90)67-57(76)12-11-53(62(83)84)73-22-20-71(34-58(77)78)16-17-72(21-23-73)35-59(79)80/h4-5,7-10,27-30,32-33,51-53,66H,6,11-26,31,34-40H2,1-3H3,(H,65,81)(H,67,76)(H,77,78)(H,79,80)(H,83,84)(H2,85,86,87)(H2,88,89,90)(H,93,94,95)/t51-,52-,53+/m0/s1. The molecule has 7 rings (SSSR count). The molecular formula is C62H85ClN12O23P2S2. The Morgan fingerprint density at radius 2 is 1.31 bits per heavy atom. The van der Waals surface area contributed by atoms with E-state index < -0.39 is 120 Å². The van der Waals surface area contributed by atoms with Crippen molar-refractivity contribution in [2.24, 2.45) is 0 Å². The molecule has 2 aromatic heterocycles. The van der Waals surface area contributed by atoms with Gasteiger partial charge < -0.3 is 70.0 Å². The fourth-order valence-corrected chi connectivity index (χ4v) is 14.1. The molecule has 2 saturated heterocycles. The van der Waals surface area contributed by atoms with E-state index in [2.05, 4.69) is 36.1 Å². The minimum atomic E-state index is -4.87. The second-order valence-corrected chi connectivity index (χ2v) is 32.1. The molecule has 2 aliphatic heterocycles. The molecule has 35 nitrogen and oxygen atoms in total. The maximum atomic E-state index is 13.8. The van der Waals surface area contributed by atoms with Crippen molar-refractivity contribution in [2.45, 2.75) is 89.0 Å². The molecule has 3 aromatic carbocycles. The third-order valence-electron chi connectivity index (χ3n) is 16.8. The number of halogens is 1. The summed E-state index contributed by atoms with van der Waals surface area (Å²) in [6, 6.07) is 11.1. The van der Waals surface area contributed by atoms with E-state index in [4.69, 9.17) is 25.8 Å². The van der Waals surface area contributed by atoms with Crippen LogP contribution in [0, 0.1) is 13.8 Å². The summed E-state index contributed by atoms with van der Waals surface area (Å²) in [5.41, 5.74) is 5.32. The van der Waals surface area contributed by atoms with E-state index in [1.165, 1.54) is 40.4 Å². The van der Waals surface area contributed by atoms with E-state index in [1.54, 1.807) is 20.7 Å². The van der Waals surface area contributed by atoms with E-state index in [0.29, 0.717) is 49.6 Å². The van der Waals surface area contributed by atoms with Crippen LogP contribution in [0.3, 0.4) is 0 Å². The molecule has 0 spiro atoms. The van der Waals surface area contributed by atoms with Gasteiger partial charge in [0.15, 0.2) is 9.84 Å². The summed E-state index contributed by atoms with van der Waals surface area (Å²) in [5.74, 6) is -6.35. The zero-order chi connectivity index (χ0) is 74.7. The highest BCUT2D eigenvalue weighted by atomic mass is 35.5. The molecule has 0 radical (unpaired) electrons. The number of carbonyl (C=O) groups excluding carboxylic acids is 3. The average molecular weight is 1530 g/mol. The zero-order valence-electron chi connectivity index (χ0n) is 56.2. The Bertz CT molecular complexity index is 4090. The second kappa shape index (κ2) is 37.2. The van der Waals surface area contributed by atoms with Gasteiger partial charge in [-0.05, 0) is 72.7 Å². The summed E-state index contributed by atoms with van der Waals surface area (Å²) in [7, 11) is -17.8. The largest absolute Gasteiger partial charge is 0.488 e. The van der Waals surface area contributed by atoms with Crippen molar-refractivity contribution in [3.05, 3.63) is 112 Å². The highest BCUT2D eigenvalue weighted by Crippen LogP contribution is 2.38. The van der Waals surface area contributed by atoms with Crippen LogP contribution in [0.15, 0.2) is 78.1 Å². The lowest BCUT2D eigenvalue weighted by atomic mass is 9.93. The normalized spacial score (nSPS) is 15.8. The fraction of sp³-hybridized carbons (Fsp3) is 0.500. The van der Waals surface area contributed by atoms with Gasteiger partial charge in [0.1, 0.15) is 60.9 Å². The third kappa shape index (κ3) is 26.6. The Morgan fingerprint density at radius 3 is 1.93 bits per heavy atom. The highest BCUT2D eigenvalue weighted by molar-refractivity contribution is 7.90. The lowest BCUT2D eigenvalue weighted by molar-refractivity contribution is -0.145. The number of piperazine rings is 1. The lowest BCUT2D eigenvalue weighted by Crippen LogP contribution is -2.56. The van der Waals surface area contributed by atoms with Crippen LogP contribution < -0.4 is 30.2 Å². The van der Waals surface area contributed by atoms with Gasteiger partial charge in [-0.25, -0.2) is 8.42 Å². The predicted molar refractivity (Wildman–Crippen MR) is 367 cm³/mol. The lowest BCUT2D eigenvalue weighted by Gasteiger charge is -2.36. The molecule has 2 aliphatic rings. The van der Waals surface area contributed by atoms with Crippen molar-refractivity contribution in [1.82, 2.24) is 60.4 Å². The number of hydrogen-bond acceptors (Lipinski definition) is 23. The minimum absolute atomic E-state index is 0.00861. The van der Waals surface area contributed by atoms with Gasteiger partial charge in [-0.15, -0.1) is 5.10 Å². The number of carbonyl (C=O) groups is 6. The molecule has 102 heavy (non-hydrogen) atoms.